The lowest BCUT2D eigenvalue weighted by Gasteiger charge is -2.40. The number of piperidine rings is 1. The largest absolute Gasteiger partial charge is 0.496 e. The lowest BCUT2D eigenvalue weighted by molar-refractivity contribution is 0.0884. The van der Waals surface area contributed by atoms with Crippen molar-refractivity contribution >= 4 is 5.78 Å². The smallest absolute Gasteiger partial charge is 0.163 e. The fourth-order valence-corrected chi connectivity index (χ4v) is 3.43. The van der Waals surface area contributed by atoms with Crippen LogP contribution in [0, 0.1) is 5.92 Å². The Morgan fingerprint density at radius 3 is 3.00 bits per heavy atom. The van der Waals surface area contributed by atoms with Gasteiger partial charge in [0.2, 0.25) is 0 Å². The molecule has 0 spiro atoms. The molecule has 0 aromatic heterocycles. The number of hydrogen-bond acceptors (Lipinski definition) is 3. The van der Waals surface area contributed by atoms with Gasteiger partial charge in [-0.15, -0.1) is 0 Å². The Balaban J connectivity index is 2.10. The maximum absolute atomic E-state index is 12.2. The normalized spacial score (nSPS) is 27.6. The first-order valence-corrected chi connectivity index (χ1v) is 6.59. The number of likely N-dealkylation sites (tertiary alicyclic amines) is 1. The summed E-state index contributed by atoms with van der Waals surface area (Å²) in [6, 6.07) is 5.84. The molecule has 18 heavy (non-hydrogen) atoms. The van der Waals surface area contributed by atoms with E-state index >= 15 is 0 Å². The summed E-state index contributed by atoms with van der Waals surface area (Å²) in [5.41, 5.74) is 2.03. The molecule has 1 fully saturated rings. The van der Waals surface area contributed by atoms with Crippen LogP contribution in [-0.2, 0) is 0 Å². The van der Waals surface area contributed by atoms with Crippen molar-refractivity contribution in [1.29, 1.82) is 0 Å². The van der Waals surface area contributed by atoms with E-state index in [1.165, 1.54) is 0 Å². The number of ether oxygens (including phenoxy) is 1. The molecule has 0 radical (unpaired) electrons. The minimum Gasteiger partial charge on any atom is -0.496 e. The van der Waals surface area contributed by atoms with E-state index in [9.17, 15) is 4.79 Å². The first kappa shape index (κ1) is 11.7. The van der Waals surface area contributed by atoms with Crippen molar-refractivity contribution < 1.29 is 9.53 Å². The average Bonchev–Trinajstić information content (AvgIpc) is 2.39. The van der Waals surface area contributed by atoms with Crippen LogP contribution in [0.1, 0.15) is 34.7 Å². The SMILES string of the molecule is COc1cccc2c1[C@@H]1CN(C)CC[C@H]1CC2=O. The molecule has 96 valence electrons. The number of hydrogen-bond donors (Lipinski definition) is 0. The van der Waals surface area contributed by atoms with Gasteiger partial charge in [-0.05, 0) is 32.0 Å². The van der Waals surface area contributed by atoms with Crippen molar-refractivity contribution in [2.45, 2.75) is 18.8 Å². The lowest BCUT2D eigenvalue weighted by Crippen LogP contribution is -2.40. The van der Waals surface area contributed by atoms with Crippen LogP contribution in [0.15, 0.2) is 18.2 Å². The number of carbonyl (C=O) groups is 1. The van der Waals surface area contributed by atoms with Crippen molar-refractivity contribution in [2.24, 2.45) is 5.92 Å². The molecule has 1 aromatic rings. The molecule has 1 aliphatic heterocycles. The maximum atomic E-state index is 12.2. The van der Waals surface area contributed by atoms with Gasteiger partial charge in [0.15, 0.2) is 5.78 Å². The molecule has 2 aliphatic rings. The van der Waals surface area contributed by atoms with E-state index in [4.69, 9.17) is 4.74 Å². The zero-order valence-corrected chi connectivity index (χ0v) is 11.0. The lowest BCUT2D eigenvalue weighted by atomic mass is 9.71. The third-order valence-electron chi connectivity index (χ3n) is 4.36. The first-order chi connectivity index (χ1) is 8.70. The Hall–Kier alpha value is -1.35. The molecule has 3 rings (SSSR count). The molecule has 3 heteroatoms. The molecule has 1 aliphatic carbocycles. The fraction of sp³-hybridized carbons (Fsp3) is 0.533. The van der Waals surface area contributed by atoms with Crippen molar-refractivity contribution in [1.82, 2.24) is 4.90 Å². The Kier molecular flexibility index (Phi) is 2.86. The molecule has 1 saturated heterocycles. The molecule has 0 unspecified atom stereocenters. The molecule has 3 nitrogen and oxygen atoms in total. The van der Waals surface area contributed by atoms with Gasteiger partial charge in [-0.2, -0.15) is 0 Å². The summed E-state index contributed by atoms with van der Waals surface area (Å²) in [7, 11) is 3.85. The summed E-state index contributed by atoms with van der Waals surface area (Å²) in [5, 5.41) is 0. The summed E-state index contributed by atoms with van der Waals surface area (Å²) >= 11 is 0. The van der Waals surface area contributed by atoms with E-state index < -0.39 is 0 Å². The number of likely N-dealkylation sites (N-methyl/N-ethyl adjacent to an activating group) is 1. The molecular formula is C15H19NO2. The summed E-state index contributed by atoms with van der Waals surface area (Å²) in [5.74, 6) is 2.12. The highest BCUT2D eigenvalue weighted by Crippen LogP contribution is 2.44. The molecule has 0 saturated carbocycles. The number of ketones is 1. The van der Waals surface area contributed by atoms with Gasteiger partial charge in [0, 0.05) is 30.0 Å². The molecule has 0 amide bonds. The number of nitrogens with zero attached hydrogens (tertiary/aromatic N) is 1. The summed E-state index contributed by atoms with van der Waals surface area (Å²) in [6.07, 6.45) is 1.82. The van der Waals surface area contributed by atoms with E-state index in [-0.39, 0.29) is 5.78 Å². The predicted octanol–water partition coefficient (Wildman–Crippen LogP) is 2.32. The molecule has 2 atom stereocenters. The van der Waals surface area contributed by atoms with E-state index in [1.54, 1.807) is 7.11 Å². The molecule has 0 N–H and O–H groups in total. The number of fused-ring (bicyclic) bond motifs is 3. The Bertz CT molecular complexity index is 483. The second kappa shape index (κ2) is 4.39. The number of Topliss-reactive ketones (excluding diaryl/α,β-unsaturated/α-hetero) is 1. The maximum Gasteiger partial charge on any atom is 0.163 e. The quantitative estimate of drug-likeness (QED) is 0.760. The van der Waals surface area contributed by atoms with Gasteiger partial charge in [-0.1, -0.05) is 12.1 Å². The highest BCUT2D eigenvalue weighted by molar-refractivity contribution is 5.99. The van der Waals surface area contributed by atoms with Gasteiger partial charge in [0.05, 0.1) is 7.11 Å². The molecule has 1 heterocycles. The standard InChI is InChI=1S/C15H19NO2/c1-16-7-6-10-8-13(17)11-4-3-5-14(18-2)15(11)12(10)9-16/h3-5,10,12H,6-9H2,1-2H3/t10-,12+/m0/s1. The Morgan fingerprint density at radius 1 is 1.39 bits per heavy atom. The average molecular weight is 245 g/mol. The third-order valence-corrected chi connectivity index (χ3v) is 4.36. The zero-order valence-electron chi connectivity index (χ0n) is 11.0. The molecular weight excluding hydrogens is 226 g/mol. The highest BCUT2D eigenvalue weighted by atomic mass is 16.5. The van der Waals surface area contributed by atoms with Crippen LogP contribution in [0.5, 0.6) is 5.75 Å². The second-order valence-corrected chi connectivity index (χ2v) is 5.47. The highest BCUT2D eigenvalue weighted by Gasteiger charge is 2.38. The summed E-state index contributed by atoms with van der Waals surface area (Å²) in [4.78, 5) is 14.6. The summed E-state index contributed by atoms with van der Waals surface area (Å²) in [6.45, 7) is 2.13. The minimum absolute atomic E-state index is 0.287. The van der Waals surface area contributed by atoms with Crippen LogP contribution in [0.3, 0.4) is 0 Å². The van der Waals surface area contributed by atoms with Crippen LogP contribution in [0.25, 0.3) is 0 Å². The third kappa shape index (κ3) is 1.74. The van der Waals surface area contributed by atoms with Crippen molar-refractivity contribution in [3.05, 3.63) is 29.3 Å². The van der Waals surface area contributed by atoms with Crippen LogP contribution < -0.4 is 4.74 Å². The molecule has 0 bridgehead atoms. The van der Waals surface area contributed by atoms with Crippen LogP contribution in [0.2, 0.25) is 0 Å². The monoisotopic (exact) mass is 245 g/mol. The van der Waals surface area contributed by atoms with Crippen LogP contribution >= 0.6 is 0 Å². The van der Waals surface area contributed by atoms with Crippen molar-refractivity contribution in [3.63, 3.8) is 0 Å². The van der Waals surface area contributed by atoms with Gasteiger partial charge in [0.25, 0.3) is 0 Å². The van der Waals surface area contributed by atoms with Crippen LogP contribution in [-0.4, -0.2) is 37.9 Å². The zero-order chi connectivity index (χ0) is 12.7. The Labute approximate surface area is 108 Å². The first-order valence-electron chi connectivity index (χ1n) is 6.59. The van der Waals surface area contributed by atoms with Crippen molar-refractivity contribution in [3.8, 4) is 5.75 Å². The fourth-order valence-electron chi connectivity index (χ4n) is 3.43. The van der Waals surface area contributed by atoms with E-state index in [0.717, 1.165) is 36.4 Å². The second-order valence-electron chi connectivity index (χ2n) is 5.47. The van der Waals surface area contributed by atoms with E-state index in [0.29, 0.717) is 18.3 Å². The van der Waals surface area contributed by atoms with Gasteiger partial charge in [-0.3, -0.25) is 4.79 Å². The van der Waals surface area contributed by atoms with Gasteiger partial charge in [0.1, 0.15) is 5.75 Å². The van der Waals surface area contributed by atoms with Gasteiger partial charge in [-0.25, -0.2) is 0 Å². The van der Waals surface area contributed by atoms with Gasteiger partial charge < -0.3 is 9.64 Å². The number of rotatable bonds is 1. The van der Waals surface area contributed by atoms with Crippen molar-refractivity contribution in [2.75, 3.05) is 27.2 Å². The van der Waals surface area contributed by atoms with Crippen LogP contribution in [0.4, 0.5) is 0 Å². The molecule has 1 aromatic carbocycles. The van der Waals surface area contributed by atoms with E-state index in [1.807, 2.05) is 18.2 Å². The summed E-state index contributed by atoms with van der Waals surface area (Å²) < 4.78 is 5.47. The number of carbonyl (C=O) groups excluding carboxylic acids is 1. The number of methoxy groups -OCH3 is 1. The number of benzene rings is 1. The minimum atomic E-state index is 0.287. The van der Waals surface area contributed by atoms with E-state index in [2.05, 4.69) is 11.9 Å². The predicted molar refractivity (Wildman–Crippen MR) is 70.3 cm³/mol. The topological polar surface area (TPSA) is 29.5 Å². The Morgan fingerprint density at radius 2 is 2.22 bits per heavy atom. The van der Waals surface area contributed by atoms with Gasteiger partial charge >= 0.3 is 0 Å².